The largest absolute Gasteiger partial charge is 0.314 e. The predicted molar refractivity (Wildman–Crippen MR) is 77.3 cm³/mol. The normalized spacial score (nSPS) is 25.4. The van der Waals surface area contributed by atoms with Crippen LogP contribution in [0.25, 0.3) is 0 Å². The monoisotopic (exact) mass is 239 g/mol. The second-order valence-corrected chi connectivity index (χ2v) is 6.42. The summed E-state index contributed by atoms with van der Waals surface area (Å²) in [5.41, 5.74) is 0. The minimum absolute atomic E-state index is 0.819. The summed E-state index contributed by atoms with van der Waals surface area (Å²) >= 11 is 0. The Morgan fingerprint density at radius 3 is 2.41 bits per heavy atom. The van der Waals surface area contributed by atoms with Crippen LogP contribution in [-0.4, -0.2) is 12.6 Å². The lowest BCUT2D eigenvalue weighted by Gasteiger charge is -2.29. The Hall–Kier alpha value is -0.0400. The van der Waals surface area contributed by atoms with E-state index in [1.807, 2.05) is 0 Å². The number of hydrogen-bond donors (Lipinski definition) is 1. The number of unbranched alkanes of at least 4 members (excludes halogenated alkanes) is 3. The molecule has 0 bridgehead atoms. The summed E-state index contributed by atoms with van der Waals surface area (Å²) in [6.45, 7) is 8.31. The molecule has 0 radical (unpaired) electrons. The van der Waals surface area contributed by atoms with Crippen molar-refractivity contribution in [1.82, 2.24) is 5.32 Å². The van der Waals surface area contributed by atoms with Crippen LogP contribution in [0.15, 0.2) is 0 Å². The highest BCUT2D eigenvalue weighted by Gasteiger charge is 2.19. The fourth-order valence-corrected chi connectivity index (χ4v) is 2.94. The van der Waals surface area contributed by atoms with Crippen LogP contribution in [0.5, 0.6) is 0 Å². The molecule has 1 heteroatoms. The van der Waals surface area contributed by atoms with Crippen molar-refractivity contribution in [3.63, 3.8) is 0 Å². The summed E-state index contributed by atoms with van der Waals surface area (Å²) in [6, 6.07) is 0.819. The molecular weight excluding hydrogens is 206 g/mol. The summed E-state index contributed by atoms with van der Waals surface area (Å²) < 4.78 is 0. The zero-order chi connectivity index (χ0) is 12.5. The quantitative estimate of drug-likeness (QED) is 0.602. The molecule has 1 saturated carbocycles. The lowest BCUT2D eigenvalue weighted by molar-refractivity contribution is 0.279. The smallest absolute Gasteiger partial charge is 0.00926 e. The minimum atomic E-state index is 0.819. The second kappa shape index (κ2) is 8.97. The van der Waals surface area contributed by atoms with Crippen molar-refractivity contribution in [3.8, 4) is 0 Å². The molecular formula is C16H33N. The Bertz CT molecular complexity index is 176. The van der Waals surface area contributed by atoms with Crippen LogP contribution in [0.1, 0.15) is 78.6 Å². The molecule has 0 spiro atoms. The van der Waals surface area contributed by atoms with E-state index in [0.29, 0.717) is 0 Å². The van der Waals surface area contributed by atoms with E-state index in [2.05, 4.69) is 26.1 Å². The molecule has 0 saturated heterocycles. The van der Waals surface area contributed by atoms with E-state index in [1.54, 1.807) is 0 Å². The van der Waals surface area contributed by atoms with Crippen LogP contribution >= 0.6 is 0 Å². The van der Waals surface area contributed by atoms with Crippen molar-refractivity contribution in [1.29, 1.82) is 0 Å². The Labute approximate surface area is 109 Å². The van der Waals surface area contributed by atoms with E-state index < -0.39 is 0 Å². The molecule has 1 aliphatic rings. The summed E-state index contributed by atoms with van der Waals surface area (Å²) in [6.07, 6.45) is 12.8. The van der Waals surface area contributed by atoms with Gasteiger partial charge in [0.25, 0.3) is 0 Å². The van der Waals surface area contributed by atoms with Crippen molar-refractivity contribution < 1.29 is 0 Å². The van der Waals surface area contributed by atoms with Gasteiger partial charge >= 0.3 is 0 Å². The van der Waals surface area contributed by atoms with Crippen LogP contribution < -0.4 is 5.32 Å². The van der Waals surface area contributed by atoms with Crippen molar-refractivity contribution in [2.24, 2.45) is 11.8 Å². The molecule has 1 nitrogen and oxygen atoms in total. The first-order chi connectivity index (χ1) is 8.20. The fraction of sp³-hybridized carbons (Fsp3) is 1.00. The molecule has 1 N–H and O–H groups in total. The highest BCUT2D eigenvalue weighted by molar-refractivity contribution is 4.77. The lowest BCUT2D eigenvalue weighted by Crippen LogP contribution is -2.37. The highest BCUT2D eigenvalue weighted by atomic mass is 14.9. The molecule has 2 atom stereocenters. The van der Waals surface area contributed by atoms with E-state index in [-0.39, 0.29) is 0 Å². The van der Waals surface area contributed by atoms with Gasteiger partial charge in [-0.15, -0.1) is 0 Å². The predicted octanol–water partition coefficient (Wildman–Crippen LogP) is 4.76. The van der Waals surface area contributed by atoms with Crippen LogP contribution in [0.2, 0.25) is 0 Å². The third kappa shape index (κ3) is 7.08. The topological polar surface area (TPSA) is 12.0 Å². The van der Waals surface area contributed by atoms with Crippen LogP contribution in [0, 0.1) is 11.8 Å². The first-order valence-electron chi connectivity index (χ1n) is 7.93. The average molecular weight is 239 g/mol. The second-order valence-electron chi connectivity index (χ2n) is 6.42. The van der Waals surface area contributed by atoms with Gasteiger partial charge in [0.15, 0.2) is 0 Å². The summed E-state index contributed by atoms with van der Waals surface area (Å²) in [5, 5.41) is 3.77. The lowest BCUT2D eigenvalue weighted by atomic mass is 9.86. The Kier molecular flexibility index (Phi) is 7.92. The zero-order valence-corrected chi connectivity index (χ0v) is 12.3. The first-order valence-corrected chi connectivity index (χ1v) is 7.93. The molecule has 2 unspecified atom stereocenters. The summed E-state index contributed by atoms with van der Waals surface area (Å²) in [4.78, 5) is 0. The molecule has 1 rings (SSSR count). The number of hydrogen-bond acceptors (Lipinski definition) is 1. The van der Waals surface area contributed by atoms with Gasteiger partial charge in [0.2, 0.25) is 0 Å². The molecule has 0 aliphatic heterocycles. The Balaban J connectivity index is 1.89. The maximum atomic E-state index is 3.77. The van der Waals surface area contributed by atoms with E-state index in [4.69, 9.17) is 0 Å². The molecule has 17 heavy (non-hydrogen) atoms. The summed E-state index contributed by atoms with van der Waals surface area (Å²) in [5.74, 6) is 1.79. The minimum Gasteiger partial charge on any atom is -0.314 e. The third-order valence-corrected chi connectivity index (χ3v) is 4.23. The molecule has 0 heterocycles. The molecule has 0 aromatic heterocycles. The van der Waals surface area contributed by atoms with Crippen LogP contribution in [0.4, 0.5) is 0 Å². The maximum Gasteiger partial charge on any atom is 0.00926 e. The van der Waals surface area contributed by atoms with Gasteiger partial charge < -0.3 is 5.32 Å². The van der Waals surface area contributed by atoms with Gasteiger partial charge in [-0.2, -0.15) is 0 Å². The average Bonchev–Trinajstić information content (AvgIpc) is 2.30. The van der Waals surface area contributed by atoms with Crippen molar-refractivity contribution in [3.05, 3.63) is 0 Å². The van der Waals surface area contributed by atoms with Crippen LogP contribution in [0.3, 0.4) is 0 Å². The van der Waals surface area contributed by atoms with Gasteiger partial charge in [-0.05, 0) is 37.6 Å². The molecule has 1 fully saturated rings. The van der Waals surface area contributed by atoms with Gasteiger partial charge in [-0.3, -0.25) is 0 Å². The Morgan fingerprint density at radius 1 is 1.00 bits per heavy atom. The van der Waals surface area contributed by atoms with Gasteiger partial charge in [0, 0.05) is 6.04 Å². The van der Waals surface area contributed by atoms with Gasteiger partial charge in [-0.25, -0.2) is 0 Å². The number of nitrogens with one attached hydrogen (secondary N) is 1. The van der Waals surface area contributed by atoms with Crippen molar-refractivity contribution >= 4 is 0 Å². The molecule has 0 aromatic rings. The summed E-state index contributed by atoms with van der Waals surface area (Å²) in [7, 11) is 0. The number of rotatable bonds is 8. The highest BCUT2D eigenvalue weighted by Crippen LogP contribution is 2.23. The molecule has 102 valence electrons. The fourth-order valence-electron chi connectivity index (χ4n) is 2.94. The van der Waals surface area contributed by atoms with Crippen LogP contribution in [-0.2, 0) is 0 Å². The van der Waals surface area contributed by atoms with Gasteiger partial charge in [0.05, 0.1) is 0 Å². The van der Waals surface area contributed by atoms with E-state index in [9.17, 15) is 0 Å². The van der Waals surface area contributed by atoms with Crippen molar-refractivity contribution in [2.75, 3.05) is 6.54 Å². The Morgan fingerprint density at radius 2 is 1.71 bits per heavy atom. The SMILES string of the molecule is CC(C)CCCCCCNC1CCCCC1C. The van der Waals surface area contributed by atoms with Gasteiger partial charge in [0.1, 0.15) is 0 Å². The van der Waals surface area contributed by atoms with E-state index in [1.165, 1.54) is 64.3 Å². The third-order valence-electron chi connectivity index (χ3n) is 4.23. The first kappa shape index (κ1) is 15.0. The standard InChI is InChI=1S/C16H33N/c1-14(2)10-6-4-5-9-13-17-16-12-8-7-11-15(16)3/h14-17H,4-13H2,1-3H3. The molecule has 1 aliphatic carbocycles. The maximum absolute atomic E-state index is 3.77. The van der Waals surface area contributed by atoms with Crippen molar-refractivity contribution in [2.45, 2.75) is 84.6 Å². The zero-order valence-electron chi connectivity index (χ0n) is 12.3. The van der Waals surface area contributed by atoms with E-state index in [0.717, 1.165) is 17.9 Å². The van der Waals surface area contributed by atoms with Gasteiger partial charge in [-0.1, -0.05) is 59.3 Å². The van der Waals surface area contributed by atoms with E-state index >= 15 is 0 Å². The molecule has 0 amide bonds. The molecule has 0 aromatic carbocycles.